The molecule has 0 bridgehead atoms. The second-order valence-corrected chi connectivity index (χ2v) is 6.13. The summed E-state index contributed by atoms with van der Waals surface area (Å²) in [5.74, 6) is 0. The first-order valence-corrected chi connectivity index (χ1v) is 8.26. The first-order valence-electron chi connectivity index (χ1n) is 8.26. The number of hydrogen-bond acceptors (Lipinski definition) is 0. The smallest absolute Gasteiger partial charge is 0.166 e. The maximum atomic E-state index is 13.1. The summed E-state index contributed by atoms with van der Waals surface area (Å²) in [4.78, 5) is 0. The van der Waals surface area contributed by atoms with Gasteiger partial charge in [-0.25, -0.2) is 0 Å². The predicted octanol–water partition coefficient (Wildman–Crippen LogP) is 7.31. The molecule has 0 aromatic heterocycles. The third-order valence-corrected chi connectivity index (χ3v) is 4.11. The molecule has 0 amide bonds. The van der Waals surface area contributed by atoms with Crippen LogP contribution in [0.25, 0.3) is 11.6 Å². The molecule has 3 rings (SSSR count). The molecule has 0 spiro atoms. The van der Waals surface area contributed by atoms with Crippen LogP contribution in [-0.2, 0) is 12.4 Å². The van der Waals surface area contributed by atoms with Crippen LogP contribution in [0.3, 0.4) is 0 Å². The molecule has 0 saturated heterocycles. The summed E-state index contributed by atoms with van der Waals surface area (Å²) in [5.41, 5.74) is -0.446. The van der Waals surface area contributed by atoms with E-state index in [1.54, 1.807) is 36.4 Å². The van der Waals surface area contributed by atoms with Gasteiger partial charge in [0.05, 0.1) is 11.1 Å². The highest BCUT2D eigenvalue weighted by molar-refractivity contribution is 5.91. The van der Waals surface area contributed by atoms with Gasteiger partial charge in [-0.05, 0) is 52.6 Å². The van der Waals surface area contributed by atoms with Gasteiger partial charge in [0.15, 0.2) is 0 Å². The van der Waals surface area contributed by atoms with Crippen LogP contribution in [0.4, 0.5) is 26.3 Å². The molecule has 0 saturated carbocycles. The van der Waals surface area contributed by atoms with Crippen LogP contribution >= 0.6 is 0 Å². The molecule has 0 fully saturated rings. The van der Waals surface area contributed by atoms with E-state index in [1.165, 1.54) is 24.3 Å². The van der Waals surface area contributed by atoms with E-state index in [4.69, 9.17) is 0 Å². The van der Waals surface area contributed by atoms with Gasteiger partial charge in [-0.1, -0.05) is 54.6 Å². The Bertz CT molecular complexity index is 922. The van der Waals surface area contributed by atoms with E-state index in [2.05, 4.69) is 0 Å². The van der Waals surface area contributed by atoms with Crippen LogP contribution in [0.15, 0.2) is 78.9 Å². The summed E-state index contributed by atoms with van der Waals surface area (Å²) >= 11 is 0. The molecule has 6 heteroatoms. The molecule has 0 aliphatic carbocycles. The summed E-state index contributed by atoms with van der Waals surface area (Å²) in [6.07, 6.45) is -7.53. The van der Waals surface area contributed by atoms with E-state index >= 15 is 0 Å². The van der Waals surface area contributed by atoms with Crippen LogP contribution in [0.5, 0.6) is 0 Å². The highest BCUT2D eigenvalue weighted by atomic mass is 19.4. The average molecular weight is 392 g/mol. The Balaban J connectivity index is 2.19. The van der Waals surface area contributed by atoms with Gasteiger partial charge in [-0.15, -0.1) is 0 Å². The molecule has 0 aliphatic heterocycles. The van der Waals surface area contributed by atoms with Crippen molar-refractivity contribution in [2.45, 2.75) is 12.4 Å². The van der Waals surface area contributed by atoms with E-state index in [-0.39, 0.29) is 16.7 Å². The largest absolute Gasteiger partial charge is 0.416 e. The van der Waals surface area contributed by atoms with E-state index in [0.717, 1.165) is 24.3 Å². The lowest BCUT2D eigenvalue weighted by Gasteiger charge is -2.14. The Morgan fingerprint density at radius 3 is 1.46 bits per heavy atom. The Morgan fingerprint density at radius 2 is 1.04 bits per heavy atom. The van der Waals surface area contributed by atoms with Crippen LogP contribution in [0.2, 0.25) is 0 Å². The molecule has 3 aromatic rings. The summed E-state index contributed by atoms with van der Waals surface area (Å²) in [6, 6.07) is 17.8. The molecule has 0 unspecified atom stereocenters. The fraction of sp³-hybridized carbons (Fsp3) is 0.0909. The van der Waals surface area contributed by atoms with Crippen molar-refractivity contribution in [3.63, 3.8) is 0 Å². The lowest BCUT2D eigenvalue weighted by Crippen LogP contribution is -2.06. The molecule has 0 radical (unpaired) electrons. The number of rotatable bonds is 3. The Kier molecular flexibility index (Phi) is 5.31. The van der Waals surface area contributed by atoms with Crippen molar-refractivity contribution in [1.82, 2.24) is 0 Å². The minimum atomic E-state index is -4.55. The Morgan fingerprint density at radius 1 is 0.571 bits per heavy atom. The van der Waals surface area contributed by atoms with E-state index < -0.39 is 23.5 Å². The number of benzene rings is 3. The van der Waals surface area contributed by atoms with Gasteiger partial charge < -0.3 is 0 Å². The SMILES string of the molecule is FC(F)(F)c1cccc(C(=Cc2ccccc2)c2cccc(C(F)(F)F)c2)c1. The maximum Gasteiger partial charge on any atom is 0.416 e. The molecule has 28 heavy (non-hydrogen) atoms. The highest BCUT2D eigenvalue weighted by Gasteiger charge is 2.32. The molecule has 3 aromatic carbocycles. The van der Waals surface area contributed by atoms with Gasteiger partial charge in [-0.3, -0.25) is 0 Å². The second-order valence-electron chi connectivity index (χ2n) is 6.13. The minimum absolute atomic E-state index is 0.179. The van der Waals surface area contributed by atoms with E-state index in [9.17, 15) is 26.3 Å². The average Bonchev–Trinajstić information content (AvgIpc) is 2.66. The monoisotopic (exact) mass is 392 g/mol. The predicted molar refractivity (Wildman–Crippen MR) is 96.3 cm³/mol. The van der Waals surface area contributed by atoms with Crippen molar-refractivity contribution in [3.8, 4) is 0 Å². The topological polar surface area (TPSA) is 0 Å². The molecule has 0 heterocycles. The highest BCUT2D eigenvalue weighted by Crippen LogP contribution is 2.35. The number of halogens is 6. The van der Waals surface area contributed by atoms with Crippen LogP contribution in [0, 0.1) is 0 Å². The fourth-order valence-electron chi connectivity index (χ4n) is 2.78. The normalized spacial score (nSPS) is 11.9. The van der Waals surface area contributed by atoms with Gasteiger partial charge in [0.25, 0.3) is 0 Å². The van der Waals surface area contributed by atoms with Crippen molar-refractivity contribution in [2.24, 2.45) is 0 Å². The molecular formula is C22H14F6. The molecule has 0 atom stereocenters. The van der Waals surface area contributed by atoms with Crippen molar-refractivity contribution in [2.75, 3.05) is 0 Å². The third-order valence-electron chi connectivity index (χ3n) is 4.11. The van der Waals surface area contributed by atoms with Crippen LogP contribution in [-0.4, -0.2) is 0 Å². The summed E-state index contributed by atoms with van der Waals surface area (Å²) in [5, 5.41) is 0. The lowest BCUT2D eigenvalue weighted by atomic mass is 9.93. The minimum Gasteiger partial charge on any atom is -0.166 e. The summed E-state index contributed by atoms with van der Waals surface area (Å²) in [7, 11) is 0. The summed E-state index contributed by atoms with van der Waals surface area (Å²) in [6.45, 7) is 0. The third kappa shape index (κ3) is 4.63. The second kappa shape index (κ2) is 7.54. The maximum absolute atomic E-state index is 13.1. The van der Waals surface area contributed by atoms with Crippen LogP contribution < -0.4 is 0 Å². The standard InChI is InChI=1S/C22H14F6/c23-21(24,25)18-10-4-8-16(13-18)20(12-15-6-2-1-3-7-15)17-9-5-11-19(14-17)22(26,27)28/h1-14H. The first kappa shape index (κ1) is 19.7. The zero-order valence-corrected chi connectivity index (χ0v) is 14.4. The Labute approximate surface area is 157 Å². The summed E-state index contributed by atoms with van der Waals surface area (Å²) < 4.78 is 78.7. The lowest BCUT2D eigenvalue weighted by molar-refractivity contribution is -0.138. The molecule has 144 valence electrons. The van der Waals surface area contributed by atoms with Gasteiger partial charge in [0, 0.05) is 0 Å². The molecular weight excluding hydrogens is 378 g/mol. The van der Waals surface area contributed by atoms with Crippen molar-refractivity contribution in [3.05, 3.63) is 107 Å². The van der Waals surface area contributed by atoms with Gasteiger partial charge in [0.2, 0.25) is 0 Å². The van der Waals surface area contributed by atoms with Gasteiger partial charge >= 0.3 is 12.4 Å². The first-order chi connectivity index (χ1) is 13.1. The van der Waals surface area contributed by atoms with Crippen LogP contribution in [0.1, 0.15) is 27.8 Å². The Hall–Kier alpha value is -3.02. The number of alkyl halides is 6. The van der Waals surface area contributed by atoms with Crippen molar-refractivity contribution in [1.29, 1.82) is 0 Å². The van der Waals surface area contributed by atoms with Crippen molar-refractivity contribution >= 4 is 11.6 Å². The van der Waals surface area contributed by atoms with Gasteiger partial charge in [-0.2, -0.15) is 26.3 Å². The molecule has 0 nitrogen and oxygen atoms in total. The molecule has 0 aliphatic rings. The van der Waals surface area contributed by atoms with E-state index in [0.29, 0.717) is 5.56 Å². The van der Waals surface area contributed by atoms with E-state index in [1.807, 2.05) is 0 Å². The fourth-order valence-corrected chi connectivity index (χ4v) is 2.78. The van der Waals surface area contributed by atoms with Gasteiger partial charge in [0.1, 0.15) is 0 Å². The quantitative estimate of drug-likeness (QED) is 0.324. The molecule has 0 N–H and O–H groups in total. The zero-order chi connectivity index (χ0) is 20.4. The van der Waals surface area contributed by atoms with Crippen molar-refractivity contribution < 1.29 is 26.3 Å². The zero-order valence-electron chi connectivity index (χ0n) is 14.4. The number of hydrogen-bond donors (Lipinski definition) is 0.